The Hall–Kier alpha value is -2.39. The van der Waals surface area contributed by atoms with E-state index >= 15 is 0 Å². The first kappa shape index (κ1) is 48.6. The van der Waals surface area contributed by atoms with Crippen molar-refractivity contribution < 1.29 is 33.7 Å². The van der Waals surface area contributed by atoms with Crippen LogP contribution in [0, 0.1) is 0 Å². The Morgan fingerprint density at radius 3 is 1.53 bits per heavy atom. The molecule has 1 amide bonds. The second kappa shape index (κ2) is 35.3. The highest BCUT2D eigenvalue weighted by molar-refractivity contribution is 5.70. The number of rotatable bonds is 36. The number of likely N-dealkylation sites (N-methyl/N-ethyl adjacent to an activating group) is 1. The number of esters is 2. The molecule has 308 valence electrons. The molecule has 53 heavy (non-hydrogen) atoms. The van der Waals surface area contributed by atoms with Crippen LogP contribution in [0.3, 0.4) is 0 Å². The van der Waals surface area contributed by atoms with Gasteiger partial charge in [-0.3, -0.25) is 14.5 Å². The summed E-state index contributed by atoms with van der Waals surface area (Å²) in [6.45, 7) is 6.16. The summed E-state index contributed by atoms with van der Waals surface area (Å²) in [4.78, 5) is 41.6. The highest BCUT2D eigenvalue weighted by Crippen LogP contribution is 2.16. The first-order chi connectivity index (χ1) is 25.9. The lowest BCUT2D eigenvalue weighted by Crippen LogP contribution is -2.60. The Labute approximate surface area is 324 Å². The van der Waals surface area contributed by atoms with Crippen LogP contribution in [0.5, 0.6) is 0 Å². The maximum atomic E-state index is 12.9. The molecule has 0 aliphatic carbocycles. The minimum Gasteiger partial charge on any atom is -0.462 e. The number of likely N-dealkylation sites (tertiary alicyclic amines) is 1. The van der Waals surface area contributed by atoms with Gasteiger partial charge >= 0.3 is 18.0 Å². The van der Waals surface area contributed by atoms with Crippen molar-refractivity contribution in [1.29, 1.82) is 0 Å². The van der Waals surface area contributed by atoms with Crippen LogP contribution in [0.15, 0.2) is 24.3 Å². The molecule has 1 aliphatic rings. The van der Waals surface area contributed by atoms with E-state index in [1.807, 2.05) is 0 Å². The number of allylic oxidation sites excluding steroid dienone is 4. The third kappa shape index (κ3) is 28.7. The smallest absolute Gasteiger partial charge is 0.410 e. The third-order valence-corrected chi connectivity index (χ3v) is 10.1. The molecule has 1 saturated heterocycles. The van der Waals surface area contributed by atoms with Gasteiger partial charge in [-0.15, -0.1) is 0 Å². The molecule has 1 N–H and O–H groups in total. The average molecular weight is 749 g/mol. The lowest BCUT2D eigenvalue weighted by molar-refractivity contribution is -0.153. The Morgan fingerprint density at radius 1 is 0.642 bits per heavy atom. The van der Waals surface area contributed by atoms with E-state index in [0.29, 0.717) is 32.5 Å². The second-order valence-corrected chi connectivity index (χ2v) is 15.1. The lowest BCUT2D eigenvalue weighted by Gasteiger charge is -2.43. The Kier molecular flexibility index (Phi) is 32.4. The second-order valence-electron chi connectivity index (χ2n) is 15.1. The maximum Gasteiger partial charge on any atom is 0.410 e. The van der Waals surface area contributed by atoms with E-state index in [9.17, 15) is 14.4 Å². The highest BCUT2D eigenvalue weighted by Gasteiger charge is 2.33. The topological polar surface area (TPSA) is 106 Å². The average Bonchev–Trinajstić information content (AvgIpc) is 3.13. The van der Waals surface area contributed by atoms with Gasteiger partial charge in [0, 0.05) is 39.5 Å². The maximum absolute atomic E-state index is 12.9. The van der Waals surface area contributed by atoms with Crippen LogP contribution >= 0.6 is 0 Å². The molecule has 0 saturated carbocycles. The molecule has 1 unspecified atom stereocenters. The third-order valence-electron chi connectivity index (χ3n) is 10.1. The van der Waals surface area contributed by atoms with Crippen LogP contribution in [0.25, 0.3) is 0 Å². The van der Waals surface area contributed by atoms with Gasteiger partial charge < -0.3 is 24.2 Å². The van der Waals surface area contributed by atoms with Crippen molar-refractivity contribution in [1.82, 2.24) is 9.80 Å². The number of β-amino-alcohol motifs (C(OH)–C–C–N with tert-alkyl or cyclic N) is 1. The first-order valence-electron chi connectivity index (χ1n) is 21.8. The van der Waals surface area contributed by atoms with Gasteiger partial charge in [-0.25, -0.2) is 4.79 Å². The molecule has 1 atom stereocenters. The zero-order valence-electron chi connectivity index (χ0n) is 34.4. The first-order valence-corrected chi connectivity index (χ1v) is 21.8. The Balaban J connectivity index is 2.29. The minimum atomic E-state index is -0.872. The molecule has 0 aromatic rings. The van der Waals surface area contributed by atoms with Crippen LogP contribution in [0.4, 0.5) is 4.79 Å². The molecule has 9 nitrogen and oxygen atoms in total. The van der Waals surface area contributed by atoms with E-state index in [1.165, 1.54) is 94.8 Å². The fourth-order valence-corrected chi connectivity index (χ4v) is 6.49. The van der Waals surface area contributed by atoms with Gasteiger partial charge in [0.2, 0.25) is 0 Å². The van der Waals surface area contributed by atoms with E-state index in [0.717, 1.165) is 64.2 Å². The molecule has 0 radical (unpaired) electrons. The van der Waals surface area contributed by atoms with Gasteiger partial charge in [-0.05, 0) is 44.9 Å². The van der Waals surface area contributed by atoms with Crippen LogP contribution in [0.2, 0.25) is 0 Å². The van der Waals surface area contributed by atoms with Crippen LogP contribution < -0.4 is 0 Å². The van der Waals surface area contributed by atoms with Gasteiger partial charge in [0.15, 0.2) is 6.10 Å². The van der Waals surface area contributed by atoms with Gasteiger partial charge in [0.05, 0.1) is 12.6 Å². The number of aliphatic hydroxyl groups excluding tert-OH is 1. The molecular formula is C44H80N2O7. The summed E-state index contributed by atoms with van der Waals surface area (Å²) in [6, 6.07) is -0.0198. The number of hydrogen-bond donors (Lipinski definition) is 1. The van der Waals surface area contributed by atoms with Crippen molar-refractivity contribution in [3.8, 4) is 0 Å². The molecule has 0 spiro atoms. The molecule has 1 rings (SSSR count). The fourth-order valence-electron chi connectivity index (χ4n) is 6.49. The molecule has 0 bridgehead atoms. The van der Waals surface area contributed by atoms with Crippen molar-refractivity contribution in [2.45, 2.75) is 193 Å². The number of carbonyl (C=O) groups is 3. The van der Waals surface area contributed by atoms with Crippen LogP contribution in [-0.4, -0.2) is 91.6 Å². The van der Waals surface area contributed by atoms with Crippen molar-refractivity contribution in [2.24, 2.45) is 0 Å². The van der Waals surface area contributed by atoms with Gasteiger partial charge in [-0.1, -0.05) is 147 Å². The normalized spacial score (nSPS) is 14.1. The molecule has 1 heterocycles. The predicted molar refractivity (Wildman–Crippen MR) is 217 cm³/mol. The molecule has 0 aromatic carbocycles. The summed E-state index contributed by atoms with van der Waals surface area (Å²) in [5.74, 6) is -0.653. The number of ether oxygens (including phenoxy) is 3. The quantitative estimate of drug-likeness (QED) is 0.0292. The number of amides is 1. The molecular weight excluding hydrogens is 668 g/mol. The number of aliphatic hydroxyl groups is 1. The summed E-state index contributed by atoms with van der Waals surface area (Å²) in [5, 5.41) is 9.15. The van der Waals surface area contributed by atoms with E-state index < -0.39 is 12.2 Å². The van der Waals surface area contributed by atoms with Crippen molar-refractivity contribution in [2.75, 3.05) is 46.5 Å². The summed E-state index contributed by atoms with van der Waals surface area (Å²) >= 11 is 0. The zero-order chi connectivity index (χ0) is 38.6. The predicted octanol–water partition coefficient (Wildman–Crippen LogP) is 10.5. The van der Waals surface area contributed by atoms with E-state index in [-0.39, 0.29) is 37.8 Å². The summed E-state index contributed by atoms with van der Waals surface area (Å²) < 4.78 is 16.7. The molecule has 1 aliphatic heterocycles. The monoisotopic (exact) mass is 749 g/mol. The summed E-state index contributed by atoms with van der Waals surface area (Å²) in [6.07, 6.45) is 36.6. The van der Waals surface area contributed by atoms with Gasteiger partial charge in [0.25, 0.3) is 0 Å². The summed E-state index contributed by atoms with van der Waals surface area (Å²) in [5.41, 5.74) is 0. The zero-order valence-corrected chi connectivity index (χ0v) is 34.4. The van der Waals surface area contributed by atoms with Crippen molar-refractivity contribution >= 4 is 18.0 Å². The summed E-state index contributed by atoms with van der Waals surface area (Å²) in [7, 11) is 1.68. The lowest BCUT2D eigenvalue weighted by atomic mass is 10.0. The molecule has 9 heteroatoms. The van der Waals surface area contributed by atoms with Gasteiger partial charge in [-0.2, -0.15) is 0 Å². The van der Waals surface area contributed by atoms with E-state index in [2.05, 4.69) is 43.1 Å². The molecule has 0 aromatic heterocycles. The fraction of sp³-hybridized carbons (Fsp3) is 0.841. The standard InChI is InChI=1S/C44H80N2O7/c1-4-6-8-10-12-14-16-18-19-21-23-25-27-29-31-33-43(49)52-39-41(53-44(50)45(3)40-36-46(37-40)34-35-47)38-51-42(48)32-30-28-26-24-22-20-17-15-13-11-9-7-5-2/h12,14,18-19,40-41,47H,4-11,13,15-17,20-39H2,1-3H3/b14-12-,19-18-. The molecule has 1 fully saturated rings. The SMILES string of the molecule is CCCCC/C=C\C/C=C\CCCCCCCC(=O)OCC(COC(=O)CCCCCCCCCCCCCCC)OC(=O)N(C)C1CN(CCO)C1. The van der Waals surface area contributed by atoms with Crippen molar-refractivity contribution in [3.05, 3.63) is 24.3 Å². The number of hydrogen-bond acceptors (Lipinski definition) is 8. The Bertz CT molecular complexity index is 950. The van der Waals surface area contributed by atoms with E-state index in [4.69, 9.17) is 19.3 Å². The van der Waals surface area contributed by atoms with Crippen molar-refractivity contribution in [3.63, 3.8) is 0 Å². The number of unbranched alkanes of at least 4 members (excludes halogenated alkanes) is 20. The number of carbonyl (C=O) groups excluding carboxylic acids is 3. The largest absolute Gasteiger partial charge is 0.462 e. The number of nitrogens with zero attached hydrogens (tertiary/aromatic N) is 2. The van der Waals surface area contributed by atoms with Gasteiger partial charge in [0.1, 0.15) is 13.2 Å². The van der Waals surface area contributed by atoms with E-state index in [1.54, 1.807) is 7.05 Å². The highest BCUT2D eigenvalue weighted by atomic mass is 16.6. The Morgan fingerprint density at radius 2 is 1.06 bits per heavy atom. The van der Waals surface area contributed by atoms with Crippen LogP contribution in [0.1, 0.15) is 181 Å². The minimum absolute atomic E-state index is 0.0198. The van der Waals surface area contributed by atoms with Crippen LogP contribution in [-0.2, 0) is 23.8 Å².